The average molecular weight is 500 g/mol. The van der Waals surface area contributed by atoms with Gasteiger partial charge in [0.2, 0.25) is 5.82 Å². The van der Waals surface area contributed by atoms with Crippen LogP contribution >= 0.6 is 0 Å². The molecule has 0 atom stereocenters. The lowest BCUT2D eigenvalue weighted by Gasteiger charge is -2.27. The Bertz CT molecular complexity index is 1310. The van der Waals surface area contributed by atoms with Gasteiger partial charge in [-0.05, 0) is 59.9 Å². The zero-order valence-electron chi connectivity index (χ0n) is 21.2. The van der Waals surface area contributed by atoms with E-state index in [-0.39, 0.29) is 12.3 Å². The maximum Gasteiger partial charge on any atom is 0.303 e. The normalized spacial score (nSPS) is 17.6. The maximum atomic E-state index is 11.1. The number of carboxylic acid groups (broad SMARTS) is 1. The summed E-state index contributed by atoms with van der Waals surface area (Å²) < 4.78 is 2.08. The van der Waals surface area contributed by atoms with E-state index in [0.29, 0.717) is 18.3 Å². The lowest BCUT2D eigenvalue weighted by molar-refractivity contribution is -0.138. The standard InChI is InChI=1S/C28H33N7O2/c1-2-3-8-25-29-28(22-15-9-19(10-16-22)17-26(36)37)35(32-25)18-20-11-13-21(14-12-20)23-6-4-5-7-24(23)27-30-33-34-31-27/h4-7,11-14,19,22H,2-3,8-10,15-18H2,1H3,(H,36,37)(H,30,31,33,34). The number of nitrogens with zero attached hydrogens (tertiary/aromatic N) is 6. The summed E-state index contributed by atoms with van der Waals surface area (Å²) in [5.74, 6) is 2.43. The van der Waals surface area contributed by atoms with Crippen LogP contribution in [-0.2, 0) is 17.8 Å². The number of carbonyl (C=O) groups is 1. The van der Waals surface area contributed by atoms with Crippen molar-refractivity contribution >= 4 is 5.97 Å². The van der Waals surface area contributed by atoms with Gasteiger partial charge >= 0.3 is 5.97 Å². The molecule has 9 heteroatoms. The van der Waals surface area contributed by atoms with Gasteiger partial charge in [-0.1, -0.05) is 61.9 Å². The van der Waals surface area contributed by atoms with Crippen LogP contribution < -0.4 is 0 Å². The molecule has 2 aromatic carbocycles. The number of H-pyrrole nitrogens is 1. The van der Waals surface area contributed by atoms with E-state index in [0.717, 1.165) is 78.8 Å². The highest BCUT2D eigenvalue weighted by Gasteiger charge is 2.28. The van der Waals surface area contributed by atoms with Gasteiger partial charge in [0.25, 0.3) is 0 Å². The van der Waals surface area contributed by atoms with E-state index in [1.54, 1.807) is 0 Å². The van der Waals surface area contributed by atoms with Crippen LogP contribution in [0.2, 0.25) is 0 Å². The van der Waals surface area contributed by atoms with E-state index in [9.17, 15) is 4.79 Å². The topological polar surface area (TPSA) is 122 Å². The van der Waals surface area contributed by atoms with Crippen molar-refractivity contribution in [1.82, 2.24) is 35.4 Å². The third-order valence-electron chi connectivity index (χ3n) is 7.28. The minimum atomic E-state index is -0.697. The molecule has 9 nitrogen and oxygen atoms in total. The first-order chi connectivity index (χ1) is 18.1. The smallest absolute Gasteiger partial charge is 0.303 e. The number of aromatic amines is 1. The Hall–Kier alpha value is -3.88. The first-order valence-electron chi connectivity index (χ1n) is 13.2. The van der Waals surface area contributed by atoms with Crippen LogP contribution in [0.5, 0.6) is 0 Å². The number of unbranched alkanes of at least 4 members (excludes halogenated alkanes) is 1. The van der Waals surface area contributed by atoms with Gasteiger partial charge in [-0.3, -0.25) is 4.79 Å². The molecule has 0 spiro atoms. The molecule has 0 aliphatic heterocycles. The summed E-state index contributed by atoms with van der Waals surface area (Å²) in [6, 6.07) is 16.6. The second kappa shape index (κ2) is 11.5. The Kier molecular flexibility index (Phi) is 7.67. The second-order valence-corrected chi connectivity index (χ2v) is 9.94. The van der Waals surface area contributed by atoms with Gasteiger partial charge < -0.3 is 5.11 Å². The Balaban J connectivity index is 1.35. The van der Waals surface area contributed by atoms with Crippen molar-refractivity contribution in [3.8, 4) is 22.5 Å². The van der Waals surface area contributed by atoms with Crippen molar-refractivity contribution in [2.45, 2.75) is 70.8 Å². The van der Waals surface area contributed by atoms with E-state index < -0.39 is 5.97 Å². The van der Waals surface area contributed by atoms with Crippen LogP contribution in [-0.4, -0.2) is 46.5 Å². The molecule has 1 saturated carbocycles. The lowest BCUT2D eigenvalue weighted by atomic mass is 9.80. The van der Waals surface area contributed by atoms with Gasteiger partial charge in [0.05, 0.1) is 6.54 Å². The van der Waals surface area contributed by atoms with E-state index in [2.05, 4.69) is 62.6 Å². The van der Waals surface area contributed by atoms with Crippen molar-refractivity contribution in [2.75, 3.05) is 0 Å². The number of hydrogen-bond donors (Lipinski definition) is 2. The van der Waals surface area contributed by atoms with E-state index in [1.807, 2.05) is 18.2 Å². The molecule has 0 saturated heterocycles. The van der Waals surface area contributed by atoms with Crippen molar-refractivity contribution in [2.24, 2.45) is 5.92 Å². The number of aliphatic carboxylic acids is 1. The summed E-state index contributed by atoms with van der Waals surface area (Å²) in [6.07, 6.45) is 7.14. The van der Waals surface area contributed by atoms with Crippen LogP contribution in [0.4, 0.5) is 0 Å². The Morgan fingerprint density at radius 2 is 1.81 bits per heavy atom. The fourth-order valence-corrected chi connectivity index (χ4v) is 5.30. The number of carboxylic acids is 1. The fourth-order valence-electron chi connectivity index (χ4n) is 5.30. The molecule has 2 aromatic heterocycles. The third kappa shape index (κ3) is 5.93. The summed E-state index contributed by atoms with van der Waals surface area (Å²) in [4.78, 5) is 16.1. The molecule has 0 bridgehead atoms. The third-order valence-corrected chi connectivity index (χ3v) is 7.28. The molecule has 0 radical (unpaired) electrons. The number of tetrazole rings is 1. The molecule has 0 amide bonds. The monoisotopic (exact) mass is 499 g/mol. The zero-order valence-corrected chi connectivity index (χ0v) is 21.2. The van der Waals surface area contributed by atoms with Gasteiger partial charge in [0, 0.05) is 24.3 Å². The van der Waals surface area contributed by atoms with E-state index >= 15 is 0 Å². The van der Waals surface area contributed by atoms with Crippen molar-refractivity contribution in [3.63, 3.8) is 0 Å². The van der Waals surface area contributed by atoms with Crippen molar-refractivity contribution in [1.29, 1.82) is 0 Å². The average Bonchev–Trinajstić information content (AvgIpc) is 3.59. The van der Waals surface area contributed by atoms with Gasteiger partial charge in [0.15, 0.2) is 5.82 Å². The van der Waals surface area contributed by atoms with Gasteiger partial charge in [-0.2, -0.15) is 10.3 Å². The molecular formula is C28H33N7O2. The minimum Gasteiger partial charge on any atom is -0.481 e. The molecule has 1 aliphatic rings. The van der Waals surface area contributed by atoms with Crippen LogP contribution in [0.25, 0.3) is 22.5 Å². The van der Waals surface area contributed by atoms with Crippen LogP contribution in [0.15, 0.2) is 48.5 Å². The van der Waals surface area contributed by atoms with Crippen molar-refractivity contribution < 1.29 is 9.90 Å². The number of benzene rings is 2. The molecular weight excluding hydrogens is 466 g/mol. The molecule has 37 heavy (non-hydrogen) atoms. The highest BCUT2D eigenvalue weighted by Crippen LogP contribution is 2.37. The molecule has 192 valence electrons. The minimum absolute atomic E-state index is 0.267. The Morgan fingerprint density at radius 1 is 1.05 bits per heavy atom. The molecule has 1 fully saturated rings. The summed E-state index contributed by atoms with van der Waals surface area (Å²) in [7, 11) is 0. The van der Waals surface area contributed by atoms with Crippen molar-refractivity contribution in [3.05, 3.63) is 65.7 Å². The molecule has 1 aliphatic carbocycles. The SMILES string of the molecule is CCCCc1nc(C2CCC(CC(=O)O)CC2)n(Cc2ccc(-c3ccccc3-c3nn[nH]n3)cc2)n1. The predicted octanol–water partition coefficient (Wildman–Crippen LogP) is 5.26. The molecule has 2 heterocycles. The molecule has 2 N–H and O–H groups in total. The summed E-state index contributed by atoms with van der Waals surface area (Å²) in [6.45, 7) is 2.84. The second-order valence-electron chi connectivity index (χ2n) is 9.94. The largest absolute Gasteiger partial charge is 0.481 e. The number of aromatic nitrogens is 7. The maximum absolute atomic E-state index is 11.1. The van der Waals surface area contributed by atoms with Gasteiger partial charge in [0.1, 0.15) is 5.82 Å². The van der Waals surface area contributed by atoms with Crippen LogP contribution in [0, 0.1) is 5.92 Å². The Morgan fingerprint density at radius 3 is 2.49 bits per heavy atom. The number of hydrogen-bond acceptors (Lipinski definition) is 6. The number of nitrogens with one attached hydrogen (secondary N) is 1. The van der Waals surface area contributed by atoms with Gasteiger partial charge in [-0.25, -0.2) is 9.67 Å². The van der Waals surface area contributed by atoms with Crippen LogP contribution in [0.1, 0.15) is 75.0 Å². The summed E-state index contributed by atoms with van der Waals surface area (Å²) in [5, 5.41) is 28.6. The quantitative estimate of drug-likeness (QED) is 0.305. The summed E-state index contributed by atoms with van der Waals surface area (Å²) in [5.41, 5.74) is 4.23. The lowest BCUT2D eigenvalue weighted by Crippen LogP contribution is -2.19. The molecule has 0 unspecified atom stereocenters. The fraction of sp³-hybridized carbons (Fsp3) is 0.429. The highest BCUT2D eigenvalue weighted by molar-refractivity contribution is 5.80. The molecule has 4 aromatic rings. The first-order valence-corrected chi connectivity index (χ1v) is 13.2. The summed E-state index contributed by atoms with van der Waals surface area (Å²) >= 11 is 0. The predicted molar refractivity (Wildman–Crippen MR) is 140 cm³/mol. The molecule has 5 rings (SSSR count). The number of aryl methyl sites for hydroxylation is 1. The zero-order chi connectivity index (χ0) is 25.6. The first kappa shape index (κ1) is 24.8. The van der Waals surface area contributed by atoms with E-state index in [4.69, 9.17) is 15.2 Å². The van der Waals surface area contributed by atoms with Gasteiger partial charge in [-0.15, -0.1) is 10.2 Å². The highest BCUT2D eigenvalue weighted by atomic mass is 16.4. The number of rotatable bonds is 10. The Labute approximate surface area is 216 Å². The van der Waals surface area contributed by atoms with E-state index in [1.165, 1.54) is 0 Å². The van der Waals surface area contributed by atoms with Crippen LogP contribution in [0.3, 0.4) is 0 Å².